The Morgan fingerprint density at radius 3 is 2.88 bits per heavy atom. The molecule has 8 nitrogen and oxygen atoms in total. The number of fused-ring (bicyclic) bond motifs is 1. The van der Waals surface area contributed by atoms with Crippen LogP contribution in [-0.2, 0) is 22.7 Å². The van der Waals surface area contributed by atoms with E-state index in [1.165, 1.54) is 10.9 Å². The maximum absolute atomic E-state index is 12.7. The van der Waals surface area contributed by atoms with Crippen LogP contribution in [0.25, 0.3) is 10.9 Å². The molecule has 1 unspecified atom stereocenters. The Hall–Kier alpha value is -3.04. The van der Waals surface area contributed by atoms with Crippen LogP contribution in [-0.4, -0.2) is 38.9 Å². The van der Waals surface area contributed by atoms with E-state index < -0.39 is 0 Å². The molecule has 1 aliphatic rings. The topological polar surface area (TPSA) is 110 Å². The summed E-state index contributed by atoms with van der Waals surface area (Å²) in [5.41, 5.74) is 7.61. The van der Waals surface area contributed by atoms with Crippen LogP contribution in [0, 0.1) is 0 Å². The molecule has 1 fully saturated rings. The molecule has 3 aromatic rings. The zero-order valence-electron chi connectivity index (χ0n) is 17.5. The van der Waals surface area contributed by atoms with Crippen molar-refractivity contribution in [1.29, 1.82) is 0 Å². The summed E-state index contributed by atoms with van der Waals surface area (Å²) >= 11 is 3.37. The zero-order chi connectivity index (χ0) is 22.7. The van der Waals surface area contributed by atoms with E-state index in [4.69, 9.17) is 5.73 Å². The lowest BCUT2D eigenvalue weighted by Gasteiger charge is -2.22. The SMILES string of the molecule is NC(=O)C1CCCN1Cc1cccc(NC(=O)CCn2cnc3ccc(Br)cc3c2=O)c1. The van der Waals surface area contributed by atoms with E-state index in [1.807, 2.05) is 30.3 Å². The lowest BCUT2D eigenvalue weighted by Crippen LogP contribution is -2.39. The van der Waals surface area contributed by atoms with E-state index in [1.54, 1.807) is 12.1 Å². The number of primary amides is 1. The highest BCUT2D eigenvalue weighted by atomic mass is 79.9. The highest BCUT2D eigenvalue weighted by Crippen LogP contribution is 2.21. The zero-order valence-corrected chi connectivity index (χ0v) is 19.0. The minimum absolute atomic E-state index is 0.140. The molecule has 2 amide bonds. The van der Waals surface area contributed by atoms with Crippen molar-refractivity contribution in [2.75, 3.05) is 11.9 Å². The average Bonchev–Trinajstić information content (AvgIpc) is 3.22. The standard InChI is InChI=1S/C23H24BrN5O3/c24-16-6-7-19-18(12-16)23(32)29(14-26-19)10-8-21(30)27-17-4-1-3-15(11-17)13-28-9-2-5-20(28)22(25)31/h1,3-4,6-7,11-12,14,20H,2,5,8-10,13H2,(H2,25,31)(H,27,30). The fourth-order valence-corrected chi connectivity index (χ4v) is 4.42. The van der Waals surface area contributed by atoms with Gasteiger partial charge in [-0.05, 0) is 55.3 Å². The number of aryl methyl sites for hydroxylation is 1. The normalized spacial score (nSPS) is 16.3. The van der Waals surface area contributed by atoms with Crippen LogP contribution in [0.1, 0.15) is 24.8 Å². The predicted octanol–water partition coefficient (Wildman–Crippen LogP) is 2.64. The lowest BCUT2D eigenvalue weighted by molar-refractivity contribution is -0.122. The third kappa shape index (κ3) is 5.05. The summed E-state index contributed by atoms with van der Waals surface area (Å²) in [5, 5.41) is 3.39. The quantitative estimate of drug-likeness (QED) is 0.521. The molecule has 2 heterocycles. The molecular formula is C23H24BrN5O3. The fraction of sp³-hybridized carbons (Fsp3) is 0.304. The van der Waals surface area contributed by atoms with Crippen molar-refractivity contribution in [3.05, 3.63) is 69.2 Å². The molecule has 32 heavy (non-hydrogen) atoms. The number of carbonyl (C=O) groups excluding carboxylic acids is 2. The smallest absolute Gasteiger partial charge is 0.261 e. The van der Waals surface area contributed by atoms with Crippen molar-refractivity contribution in [2.24, 2.45) is 5.73 Å². The van der Waals surface area contributed by atoms with Crippen molar-refractivity contribution in [2.45, 2.75) is 38.4 Å². The maximum Gasteiger partial charge on any atom is 0.261 e. The first kappa shape index (κ1) is 22.2. The number of nitrogens with zero attached hydrogens (tertiary/aromatic N) is 3. The molecule has 9 heteroatoms. The number of aromatic nitrogens is 2. The fourth-order valence-electron chi connectivity index (χ4n) is 4.06. The van der Waals surface area contributed by atoms with Gasteiger partial charge in [0, 0.05) is 29.7 Å². The first-order valence-electron chi connectivity index (χ1n) is 10.5. The Morgan fingerprint density at radius 2 is 2.06 bits per heavy atom. The number of anilines is 1. The summed E-state index contributed by atoms with van der Waals surface area (Å²) < 4.78 is 2.25. The number of rotatable bonds is 7. The van der Waals surface area contributed by atoms with Gasteiger partial charge < -0.3 is 11.1 Å². The van der Waals surface area contributed by atoms with Gasteiger partial charge in [0.1, 0.15) is 0 Å². The second-order valence-electron chi connectivity index (χ2n) is 7.93. The second-order valence-corrected chi connectivity index (χ2v) is 8.85. The van der Waals surface area contributed by atoms with Gasteiger partial charge in [-0.3, -0.25) is 23.9 Å². The first-order valence-corrected chi connectivity index (χ1v) is 11.3. The third-order valence-corrected chi connectivity index (χ3v) is 6.15. The van der Waals surface area contributed by atoms with Crippen LogP contribution in [0.3, 0.4) is 0 Å². The van der Waals surface area contributed by atoms with E-state index >= 15 is 0 Å². The van der Waals surface area contributed by atoms with E-state index in [0.29, 0.717) is 23.1 Å². The average molecular weight is 498 g/mol. The second kappa shape index (κ2) is 9.62. The molecule has 0 saturated carbocycles. The molecule has 0 aliphatic carbocycles. The summed E-state index contributed by atoms with van der Waals surface area (Å²) in [6.45, 7) is 1.66. The van der Waals surface area contributed by atoms with Crippen molar-refractivity contribution >= 4 is 44.3 Å². The molecule has 1 aliphatic heterocycles. The van der Waals surface area contributed by atoms with Crippen molar-refractivity contribution in [3.63, 3.8) is 0 Å². The van der Waals surface area contributed by atoms with Crippen LogP contribution in [0.15, 0.2) is 58.1 Å². The van der Waals surface area contributed by atoms with E-state index in [0.717, 1.165) is 29.4 Å². The Kier molecular flexibility index (Phi) is 6.66. The van der Waals surface area contributed by atoms with Crippen LogP contribution >= 0.6 is 15.9 Å². The number of nitrogens with one attached hydrogen (secondary N) is 1. The monoisotopic (exact) mass is 497 g/mol. The van der Waals surface area contributed by atoms with Gasteiger partial charge in [0.05, 0.1) is 23.3 Å². The van der Waals surface area contributed by atoms with Gasteiger partial charge in [-0.15, -0.1) is 0 Å². The van der Waals surface area contributed by atoms with E-state index in [-0.39, 0.29) is 36.4 Å². The van der Waals surface area contributed by atoms with Crippen LogP contribution in [0.4, 0.5) is 5.69 Å². The van der Waals surface area contributed by atoms with Crippen molar-refractivity contribution in [1.82, 2.24) is 14.5 Å². The first-order chi connectivity index (χ1) is 15.4. The van der Waals surface area contributed by atoms with E-state index in [2.05, 4.69) is 31.1 Å². The number of amides is 2. The molecule has 0 radical (unpaired) electrons. The van der Waals surface area contributed by atoms with Gasteiger partial charge >= 0.3 is 0 Å². The van der Waals surface area contributed by atoms with Crippen LogP contribution in [0.2, 0.25) is 0 Å². The Morgan fingerprint density at radius 1 is 1.22 bits per heavy atom. The van der Waals surface area contributed by atoms with Crippen molar-refractivity contribution in [3.8, 4) is 0 Å². The number of hydrogen-bond acceptors (Lipinski definition) is 5. The predicted molar refractivity (Wildman–Crippen MR) is 126 cm³/mol. The third-order valence-electron chi connectivity index (χ3n) is 5.65. The summed E-state index contributed by atoms with van der Waals surface area (Å²) in [5.74, 6) is -0.489. The summed E-state index contributed by atoms with van der Waals surface area (Å²) in [4.78, 5) is 43.1. The number of halogens is 1. The molecular weight excluding hydrogens is 474 g/mol. The molecule has 1 atom stereocenters. The number of benzene rings is 2. The molecule has 4 rings (SSSR count). The minimum Gasteiger partial charge on any atom is -0.368 e. The maximum atomic E-state index is 12.7. The summed E-state index contributed by atoms with van der Waals surface area (Å²) in [6.07, 6.45) is 3.34. The Labute approximate surface area is 193 Å². The molecule has 166 valence electrons. The molecule has 1 aromatic heterocycles. The van der Waals surface area contributed by atoms with Gasteiger partial charge in [0.2, 0.25) is 11.8 Å². The summed E-state index contributed by atoms with van der Waals surface area (Å²) in [7, 11) is 0. The van der Waals surface area contributed by atoms with Crippen LogP contribution < -0.4 is 16.6 Å². The number of nitrogens with two attached hydrogens (primary N) is 1. The molecule has 3 N–H and O–H groups in total. The molecule has 1 saturated heterocycles. The number of hydrogen-bond donors (Lipinski definition) is 2. The number of carbonyl (C=O) groups is 2. The van der Waals surface area contributed by atoms with Gasteiger partial charge in [-0.2, -0.15) is 0 Å². The Bertz CT molecular complexity index is 1230. The lowest BCUT2D eigenvalue weighted by atomic mass is 10.1. The largest absolute Gasteiger partial charge is 0.368 e. The van der Waals surface area contributed by atoms with Gasteiger partial charge in [0.15, 0.2) is 0 Å². The minimum atomic E-state index is -0.294. The Balaban J connectivity index is 1.38. The number of likely N-dealkylation sites (tertiary alicyclic amines) is 1. The summed E-state index contributed by atoms with van der Waals surface area (Å²) in [6, 6.07) is 12.7. The highest BCUT2D eigenvalue weighted by molar-refractivity contribution is 9.10. The highest BCUT2D eigenvalue weighted by Gasteiger charge is 2.28. The van der Waals surface area contributed by atoms with Crippen LogP contribution in [0.5, 0.6) is 0 Å². The molecule has 0 spiro atoms. The van der Waals surface area contributed by atoms with Gasteiger partial charge in [-0.25, -0.2) is 4.98 Å². The van der Waals surface area contributed by atoms with E-state index in [9.17, 15) is 14.4 Å². The molecule has 2 aromatic carbocycles. The molecule has 0 bridgehead atoms. The van der Waals surface area contributed by atoms with Gasteiger partial charge in [0.25, 0.3) is 5.56 Å². The van der Waals surface area contributed by atoms with Gasteiger partial charge in [-0.1, -0.05) is 28.1 Å². The van der Waals surface area contributed by atoms with Crippen molar-refractivity contribution < 1.29 is 9.59 Å².